The number of aliphatic hydroxyl groups excluding tert-OH is 1. The van der Waals surface area contributed by atoms with Gasteiger partial charge in [-0.3, -0.25) is 4.98 Å². The van der Waals surface area contributed by atoms with Crippen molar-refractivity contribution in [3.63, 3.8) is 0 Å². The molecule has 25 heavy (non-hydrogen) atoms. The van der Waals surface area contributed by atoms with Gasteiger partial charge >= 0.3 is 0 Å². The molecule has 3 aromatic rings. The van der Waals surface area contributed by atoms with Gasteiger partial charge in [0.05, 0.1) is 25.3 Å². The van der Waals surface area contributed by atoms with Crippen molar-refractivity contribution >= 4 is 16.7 Å². The van der Waals surface area contributed by atoms with Crippen molar-refractivity contribution in [1.82, 2.24) is 15.0 Å². The van der Waals surface area contributed by atoms with Gasteiger partial charge in [-0.1, -0.05) is 18.2 Å². The molecule has 2 aromatic heterocycles. The van der Waals surface area contributed by atoms with Gasteiger partial charge in [0, 0.05) is 30.7 Å². The van der Waals surface area contributed by atoms with E-state index in [2.05, 4.69) is 26.3 Å². The number of nitrogens with one attached hydrogen (secondary N) is 1. The van der Waals surface area contributed by atoms with Gasteiger partial charge in [0.15, 0.2) is 0 Å². The summed E-state index contributed by atoms with van der Waals surface area (Å²) in [6.07, 6.45) is 5.26. The Bertz CT molecular complexity index is 796. The molecule has 0 unspecified atom stereocenters. The van der Waals surface area contributed by atoms with Crippen molar-refractivity contribution in [2.45, 2.75) is 12.8 Å². The number of aryl methyl sites for hydroxylation is 2. The van der Waals surface area contributed by atoms with Crippen LogP contribution in [0.3, 0.4) is 0 Å². The first-order valence-corrected chi connectivity index (χ1v) is 8.44. The number of rotatable bonds is 9. The fraction of sp³-hybridized carbons (Fsp3) is 0.316. The normalized spacial score (nSPS) is 10.9. The molecule has 0 atom stereocenters. The van der Waals surface area contributed by atoms with Gasteiger partial charge in [-0.2, -0.15) is 0 Å². The Morgan fingerprint density at radius 3 is 2.76 bits per heavy atom. The molecule has 0 aliphatic heterocycles. The zero-order valence-corrected chi connectivity index (χ0v) is 14.1. The lowest BCUT2D eigenvalue weighted by Gasteiger charge is -2.11. The van der Waals surface area contributed by atoms with Gasteiger partial charge in [-0.05, 0) is 30.2 Å². The number of pyridine rings is 1. The van der Waals surface area contributed by atoms with Gasteiger partial charge in [-0.25, -0.2) is 9.97 Å². The van der Waals surface area contributed by atoms with Crippen LogP contribution in [0.5, 0.6) is 0 Å². The number of hydrogen-bond donors (Lipinski definition) is 2. The highest BCUT2D eigenvalue weighted by molar-refractivity contribution is 5.88. The first-order valence-electron chi connectivity index (χ1n) is 8.44. The second-order valence-electron chi connectivity index (χ2n) is 5.63. The summed E-state index contributed by atoms with van der Waals surface area (Å²) in [5, 5.41) is 13.1. The lowest BCUT2D eigenvalue weighted by molar-refractivity contribution is 0.0992. The van der Waals surface area contributed by atoms with E-state index in [1.807, 2.05) is 36.5 Å². The fourth-order valence-electron chi connectivity index (χ4n) is 2.58. The van der Waals surface area contributed by atoms with Crippen molar-refractivity contribution in [1.29, 1.82) is 0 Å². The average molecular weight is 338 g/mol. The molecule has 0 fully saturated rings. The maximum absolute atomic E-state index is 8.74. The van der Waals surface area contributed by atoms with Crippen LogP contribution >= 0.6 is 0 Å². The highest BCUT2D eigenvalue weighted by Gasteiger charge is 2.07. The summed E-state index contributed by atoms with van der Waals surface area (Å²) in [5.74, 6) is 1.63. The first-order chi connectivity index (χ1) is 12.4. The van der Waals surface area contributed by atoms with Crippen molar-refractivity contribution < 1.29 is 9.84 Å². The van der Waals surface area contributed by atoms with Crippen LogP contribution in [0.1, 0.15) is 11.4 Å². The monoisotopic (exact) mass is 338 g/mol. The molecule has 0 amide bonds. The molecule has 1 aromatic carbocycles. The molecule has 0 aliphatic carbocycles. The number of fused-ring (bicyclic) bond motifs is 1. The van der Waals surface area contributed by atoms with E-state index in [0.717, 1.165) is 35.4 Å². The molecule has 0 radical (unpaired) electrons. The van der Waals surface area contributed by atoms with Crippen molar-refractivity contribution in [2.75, 3.05) is 31.7 Å². The molecular formula is C19H22N4O2. The Labute approximate surface area is 146 Å². The maximum atomic E-state index is 8.74. The summed E-state index contributed by atoms with van der Waals surface area (Å²) >= 11 is 0. The third kappa shape index (κ3) is 4.95. The van der Waals surface area contributed by atoms with Crippen LogP contribution < -0.4 is 5.32 Å². The molecule has 0 saturated heterocycles. The summed E-state index contributed by atoms with van der Waals surface area (Å²) < 4.78 is 5.29. The van der Waals surface area contributed by atoms with Crippen molar-refractivity contribution in [2.24, 2.45) is 0 Å². The average Bonchev–Trinajstić information content (AvgIpc) is 2.67. The minimum Gasteiger partial charge on any atom is -0.394 e. The summed E-state index contributed by atoms with van der Waals surface area (Å²) in [6.45, 7) is 1.53. The van der Waals surface area contributed by atoms with Crippen LogP contribution in [0.15, 0.2) is 48.8 Å². The molecule has 6 heteroatoms. The third-order valence-electron chi connectivity index (χ3n) is 3.78. The molecule has 0 spiro atoms. The summed E-state index contributed by atoms with van der Waals surface area (Å²) in [7, 11) is 0. The highest BCUT2D eigenvalue weighted by atomic mass is 16.5. The summed E-state index contributed by atoms with van der Waals surface area (Å²) in [5.41, 5.74) is 2.10. The topological polar surface area (TPSA) is 80.2 Å². The molecule has 130 valence electrons. The highest BCUT2D eigenvalue weighted by Crippen LogP contribution is 2.20. The minimum atomic E-state index is 0.0366. The zero-order valence-electron chi connectivity index (χ0n) is 14.1. The van der Waals surface area contributed by atoms with Crippen molar-refractivity contribution in [3.05, 3.63) is 60.2 Å². The predicted octanol–water partition coefficient (Wildman–Crippen LogP) is 2.23. The van der Waals surface area contributed by atoms with E-state index in [0.29, 0.717) is 19.8 Å². The molecule has 0 bridgehead atoms. The zero-order chi connectivity index (χ0) is 17.3. The standard InChI is InChI=1S/C19H22N4O2/c24-11-13-25-12-10-21-19-16-5-1-2-6-17(16)22-18(23-19)8-7-15-4-3-9-20-14-15/h1-6,9,14,24H,7-8,10-13H2,(H,21,22,23). The predicted molar refractivity (Wildman–Crippen MR) is 97.6 cm³/mol. The van der Waals surface area contributed by atoms with E-state index in [9.17, 15) is 0 Å². The lowest BCUT2D eigenvalue weighted by Crippen LogP contribution is -2.13. The van der Waals surface area contributed by atoms with Crippen LogP contribution in [-0.4, -0.2) is 46.4 Å². The Hall–Kier alpha value is -2.57. The Morgan fingerprint density at radius 1 is 1.00 bits per heavy atom. The van der Waals surface area contributed by atoms with E-state index in [1.165, 1.54) is 5.56 Å². The molecule has 0 saturated carbocycles. The number of hydrogen-bond acceptors (Lipinski definition) is 6. The number of aromatic nitrogens is 3. The van der Waals surface area contributed by atoms with Gasteiger partial charge in [-0.15, -0.1) is 0 Å². The number of aliphatic hydroxyl groups is 1. The Kier molecular flexibility index (Phi) is 6.25. The number of benzene rings is 1. The van der Waals surface area contributed by atoms with E-state index in [4.69, 9.17) is 9.84 Å². The van der Waals surface area contributed by atoms with Gasteiger partial charge in [0.25, 0.3) is 0 Å². The van der Waals surface area contributed by atoms with Crippen LogP contribution in [-0.2, 0) is 17.6 Å². The SMILES string of the molecule is OCCOCCNc1nc(CCc2cccnc2)nc2ccccc12. The van der Waals surface area contributed by atoms with Gasteiger partial charge in [0.1, 0.15) is 11.6 Å². The van der Waals surface area contributed by atoms with Gasteiger partial charge < -0.3 is 15.2 Å². The van der Waals surface area contributed by atoms with Crippen molar-refractivity contribution in [3.8, 4) is 0 Å². The quantitative estimate of drug-likeness (QED) is 0.583. The van der Waals surface area contributed by atoms with E-state index >= 15 is 0 Å². The molecule has 2 N–H and O–H groups in total. The minimum absolute atomic E-state index is 0.0366. The third-order valence-corrected chi connectivity index (χ3v) is 3.78. The summed E-state index contributed by atoms with van der Waals surface area (Å²) in [6, 6.07) is 12.0. The number of ether oxygens (including phenoxy) is 1. The molecular weight excluding hydrogens is 316 g/mol. The first kappa shape index (κ1) is 17.3. The second-order valence-corrected chi connectivity index (χ2v) is 5.63. The van der Waals surface area contributed by atoms with Gasteiger partial charge in [0.2, 0.25) is 0 Å². The number of nitrogens with zero attached hydrogens (tertiary/aromatic N) is 3. The largest absolute Gasteiger partial charge is 0.394 e. The number of para-hydroxylation sites is 1. The van der Waals surface area contributed by atoms with E-state index in [1.54, 1.807) is 6.20 Å². The molecule has 3 rings (SSSR count). The molecule has 2 heterocycles. The second kappa shape index (κ2) is 9.05. The van der Waals surface area contributed by atoms with Crippen LogP contribution in [0, 0.1) is 0 Å². The molecule has 6 nitrogen and oxygen atoms in total. The van der Waals surface area contributed by atoms with E-state index < -0.39 is 0 Å². The summed E-state index contributed by atoms with van der Waals surface area (Å²) in [4.78, 5) is 13.5. The van der Waals surface area contributed by atoms with Crippen LogP contribution in [0.2, 0.25) is 0 Å². The smallest absolute Gasteiger partial charge is 0.137 e. The maximum Gasteiger partial charge on any atom is 0.137 e. The van der Waals surface area contributed by atoms with Crippen LogP contribution in [0.4, 0.5) is 5.82 Å². The number of anilines is 1. The fourth-order valence-corrected chi connectivity index (χ4v) is 2.58. The van der Waals surface area contributed by atoms with Crippen LogP contribution in [0.25, 0.3) is 10.9 Å². The van der Waals surface area contributed by atoms with E-state index in [-0.39, 0.29) is 6.61 Å². The molecule has 0 aliphatic rings. The Morgan fingerprint density at radius 2 is 1.92 bits per heavy atom. The Balaban J connectivity index is 1.72. The lowest BCUT2D eigenvalue weighted by atomic mass is 10.1.